The zero-order valence-electron chi connectivity index (χ0n) is 19.9. The highest BCUT2D eigenvalue weighted by Gasteiger charge is 2.42. The van der Waals surface area contributed by atoms with Crippen molar-refractivity contribution in [2.75, 3.05) is 38.0 Å². The summed E-state index contributed by atoms with van der Waals surface area (Å²) in [6.07, 6.45) is 5.60. The summed E-state index contributed by atoms with van der Waals surface area (Å²) in [5.74, 6) is 0.771. The Hall–Kier alpha value is -3.36. The number of benzene rings is 1. The van der Waals surface area contributed by atoms with Gasteiger partial charge in [-0.3, -0.25) is 15.1 Å². The number of aliphatic imine (C=N–C) groups is 2. The van der Waals surface area contributed by atoms with Gasteiger partial charge in [-0.15, -0.1) is 0 Å². The van der Waals surface area contributed by atoms with E-state index in [4.69, 9.17) is 4.99 Å². The molecule has 178 valence electrons. The SMILES string of the molecule is C=N/C=C1\C(=N/CNc2cccc(NC(=O)OC)c2)N(C2CCCC2)CC(C)(C)C(=O)N1C. The van der Waals surface area contributed by atoms with Crippen LogP contribution in [0.3, 0.4) is 0 Å². The molecule has 3 rings (SSSR count). The molecule has 9 nitrogen and oxygen atoms in total. The van der Waals surface area contributed by atoms with Crippen LogP contribution in [0, 0.1) is 5.41 Å². The molecule has 2 fully saturated rings. The number of nitrogens with zero attached hydrogens (tertiary/aromatic N) is 4. The molecule has 1 aliphatic heterocycles. The van der Waals surface area contributed by atoms with Gasteiger partial charge in [-0.2, -0.15) is 0 Å². The molecule has 0 aromatic heterocycles. The molecule has 2 N–H and O–H groups in total. The highest BCUT2D eigenvalue weighted by atomic mass is 16.5. The van der Waals surface area contributed by atoms with Crippen molar-refractivity contribution in [3.05, 3.63) is 36.2 Å². The Bertz CT molecular complexity index is 949. The molecule has 0 bridgehead atoms. The molecule has 0 unspecified atom stereocenters. The Balaban J connectivity index is 1.89. The minimum atomic E-state index is -0.559. The zero-order chi connectivity index (χ0) is 24.0. The van der Waals surface area contributed by atoms with Crippen molar-refractivity contribution in [2.45, 2.75) is 45.6 Å². The van der Waals surface area contributed by atoms with Crippen LogP contribution in [0.15, 0.2) is 46.1 Å². The molecule has 1 aliphatic carbocycles. The van der Waals surface area contributed by atoms with E-state index in [1.165, 1.54) is 20.0 Å². The first-order chi connectivity index (χ1) is 15.8. The first-order valence-corrected chi connectivity index (χ1v) is 11.2. The molecule has 1 saturated carbocycles. The van der Waals surface area contributed by atoms with Gasteiger partial charge in [0.25, 0.3) is 0 Å². The first-order valence-electron chi connectivity index (χ1n) is 11.2. The summed E-state index contributed by atoms with van der Waals surface area (Å²) in [6.45, 7) is 8.45. The lowest BCUT2D eigenvalue weighted by atomic mass is 9.91. The van der Waals surface area contributed by atoms with Gasteiger partial charge in [0.1, 0.15) is 12.4 Å². The van der Waals surface area contributed by atoms with E-state index in [0.717, 1.165) is 24.4 Å². The van der Waals surface area contributed by atoms with Crippen LogP contribution in [-0.4, -0.2) is 67.8 Å². The molecular weight excluding hydrogens is 420 g/mol. The van der Waals surface area contributed by atoms with Crippen LogP contribution in [0.2, 0.25) is 0 Å². The smallest absolute Gasteiger partial charge is 0.411 e. The van der Waals surface area contributed by atoms with E-state index >= 15 is 0 Å². The van der Waals surface area contributed by atoms with Gasteiger partial charge in [-0.05, 0) is 51.6 Å². The second-order valence-electron chi connectivity index (χ2n) is 9.03. The van der Waals surface area contributed by atoms with Crippen molar-refractivity contribution < 1.29 is 14.3 Å². The lowest BCUT2D eigenvalue weighted by molar-refractivity contribution is -0.136. The molecule has 1 aromatic carbocycles. The summed E-state index contributed by atoms with van der Waals surface area (Å²) < 4.78 is 4.65. The van der Waals surface area contributed by atoms with E-state index in [-0.39, 0.29) is 12.6 Å². The Morgan fingerprint density at radius 2 is 2.00 bits per heavy atom. The summed E-state index contributed by atoms with van der Waals surface area (Å²) in [7, 11) is 3.09. The third kappa shape index (κ3) is 5.71. The van der Waals surface area contributed by atoms with Crippen molar-refractivity contribution >= 4 is 35.9 Å². The molecule has 0 radical (unpaired) electrons. The number of methoxy groups -OCH3 is 1. The van der Waals surface area contributed by atoms with Gasteiger partial charge in [0.2, 0.25) is 5.91 Å². The highest BCUT2D eigenvalue weighted by Crippen LogP contribution is 2.33. The van der Waals surface area contributed by atoms with Crippen molar-refractivity contribution in [3.63, 3.8) is 0 Å². The summed E-state index contributed by atoms with van der Waals surface area (Å²) in [5, 5.41) is 5.93. The third-order valence-corrected chi connectivity index (χ3v) is 6.10. The predicted octanol–water partition coefficient (Wildman–Crippen LogP) is 3.92. The van der Waals surface area contributed by atoms with Crippen molar-refractivity contribution in [3.8, 4) is 0 Å². The molecule has 2 amide bonds. The van der Waals surface area contributed by atoms with Gasteiger partial charge in [-0.1, -0.05) is 18.9 Å². The maximum atomic E-state index is 13.2. The van der Waals surface area contributed by atoms with Crippen LogP contribution < -0.4 is 10.6 Å². The molecule has 2 aliphatic rings. The molecule has 1 heterocycles. The van der Waals surface area contributed by atoms with Gasteiger partial charge in [0.05, 0.1) is 18.7 Å². The fourth-order valence-electron chi connectivity index (χ4n) is 4.43. The number of carbonyl (C=O) groups is 2. The molecule has 0 spiro atoms. The van der Waals surface area contributed by atoms with E-state index in [1.54, 1.807) is 30.3 Å². The second kappa shape index (κ2) is 10.5. The molecular formula is C24H34N6O3. The molecule has 1 aromatic rings. The average molecular weight is 455 g/mol. The summed E-state index contributed by atoms with van der Waals surface area (Å²) in [5.41, 5.74) is 1.50. The number of hydrogen-bond donors (Lipinski definition) is 2. The number of amides is 2. The van der Waals surface area contributed by atoms with E-state index in [2.05, 4.69) is 32.0 Å². The fourth-order valence-corrected chi connectivity index (χ4v) is 4.43. The van der Waals surface area contributed by atoms with Gasteiger partial charge in [0.15, 0.2) is 5.84 Å². The quantitative estimate of drug-likeness (QED) is 0.635. The first kappa shape index (κ1) is 24.3. The summed E-state index contributed by atoms with van der Waals surface area (Å²) in [6, 6.07) is 7.65. The highest BCUT2D eigenvalue weighted by molar-refractivity contribution is 6.04. The molecule has 33 heavy (non-hydrogen) atoms. The van der Waals surface area contributed by atoms with E-state index in [9.17, 15) is 9.59 Å². The van der Waals surface area contributed by atoms with Gasteiger partial charge in [0, 0.05) is 31.0 Å². The minimum Gasteiger partial charge on any atom is -0.453 e. The fraction of sp³-hybridized carbons (Fsp3) is 0.500. The minimum absolute atomic E-state index is 0.0279. The Kier molecular flexibility index (Phi) is 7.73. The van der Waals surface area contributed by atoms with Crippen LogP contribution in [0.4, 0.5) is 16.2 Å². The normalized spacial score (nSPS) is 21.3. The van der Waals surface area contributed by atoms with Crippen LogP contribution in [0.1, 0.15) is 39.5 Å². The average Bonchev–Trinajstić information content (AvgIpc) is 3.31. The van der Waals surface area contributed by atoms with Crippen LogP contribution in [0.25, 0.3) is 0 Å². The number of rotatable bonds is 6. The molecule has 9 heteroatoms. The Morgan fingerprint density at radius 3 is 2.67 bits per heavy atom. The van der Waals surface area contributed by atoms with Crippen LogP contribution in [0.5, 0.6) is 0 Å². The predicted molar refractivity (Wildman–Crippen MR) is 132 cm³/mol. The number of ether oxygens (including phenoxy) is 1. The molecule has 1 saturated heterocycles. The summed E-state index contributed by atoms with van der Waals surface area (Å²) >= 11 is 0. The number of anilines is 2. The number of carbonyl (C=O) groups excluding carboxylic acids is 2. The monoisotopic (exact) mass is 454 g/mol. The zero-order valence-corrected chi connectivity index (χ0v) is 19.9. The van der Waals surface area contributed by atoms with Crippen molar-refractivity contribution in [2.24, 2.45) is 15.4 Å². The summed E-state index contributed by atoms with van der Waals surface area (Å²) in [4.78, 5) is 37.5. The van der Waals surface area contributed by atoms with E-state index < -0.39 is 11.5 Å². The second-order valence-corrected chi connectivity index (χ2v) is 9.03. The maximum Gasteiger partial charge on any atom is 0.411 e. The molecule has 0 atom stereocenters. The number of likely N-dealkylation sites (N-methyl/N-ethyl adjacent to an activating group) is 1. The lowest BCUT2D eigenvalue weighted by Gasteiger charge is -2.34. The largest absolute Gasteiger partial charge is 0.453 e. The lowest BCUT2D eigenvalue weighted by Crippen LogP contribution is -2.44. The van der Waals surface area contributed by atoms with E-state index in [0.29, 0.717) is 24.0 Å². The van der Waals surface area contributed by atoms with Gasteiger partial charge < -0.3 is 19.9 Å². The van der Waals surface area contributed by atoms with Crippen LogP contribution >= 0.6 is 0 Å². The number of nitrogens with one attached hydrogen (secondary N) is 2. The maximum absolute atomic E-state index is 13.2. The number of amidine groups is 1. The van der Waals surface area contributed by atoms with Gasteiger partial charge >= 0.3 is 6.09 Å². The van der Waals surface area contributed by atoms with Gasteiger partial charge in [-0.25, -0.2) is 9.79 Å². The van der Waals surface area contributed by atoms with Crippen molar-refractivity contribution in [1.29, 1.82) is 0 Å². The third-order valence-electron chi connectivity index (χ3n) is 6.10. The van der Waals surface area contributed by atoms with Crippen molar-refractivity contribution in [1.82, 2.24) is 9.80 Å². The standard InChI is InChI=1S/C24H34N6O3/c1-24(2)15-30(19-11-6-7-12-19)21(20(14-25-3)29(4)22(24)31)27-16-26-17-9-8-10-18(13-17)28-23(32)33-5/h8-10,13-14,19,26H,3,6-7,11-12,15-16H2,1-2,4-5H3,(H,28,32)/b20-14+,27-21+. The topological polar surface area (TPSA) is 98.6 Å². The number of hydrogen-bond acceptors (Lipinski definition) is 6. The van der Waals surface area contributed by atoms with E-state index in [1.807, 2.05) is 26.0 Å². The van der Waals surface area contributed by atoms with Crippen LogP contribution in [-0.2, 0) is 9.53 Å². The Labute approximate surface area is 195 Å². The Morgan fingerprint density at radius 1 is 1.30 bits per heavy atom.